The van der Waals surface area contributed by atoms with Crippen LogP contribution in [-0.2, 0) is 11.2 Å². The molecule has 0 spiro atoms. The molecule has 0 unspecified atom stereocenters. The van der Waals surface area contributed by atoms with Gasteiger partial charge in [-0.25, -0.2) is 0 Å². The molecular formula is C17H20N2O. The minimum Gasteiger partial charge on any atom is -0.398 e. The van der Waals surface area contributed by atoms with Crippen molar-refractivity contribution in [1.29, 1.82) is 0 Å². The zero-order valence-electron chi connectivity index (χ0n) is 11.9. The van der Waals surface area contributed by atoms with E-state index in [2.05, 4.69) is 19.2 Å². The van der Waals surface area contributed by atoms with E-state index < -0.39 is 0 Å². The summed E-state index contributed by atoms with van der Waals surface area (Å²) in [6.07, 6.45) is 0.291. The first-order valence-corrected chi connectivity index (χ1v) is 6.80. The number of rotatable bonds is 4. The van der Waals surface area contributed by atoms with Crippen molar-refractivity contribution in [2.45, 2.75) is 26.2 Å². The predicted molar refractivity (Wildman–Crippen MR) is 83.7 cm³/mol. The highest BCUT2D eigenvalue weighted by Crippen LogP contribution is 2.24. The van der Waals surface area contributed by atoms with Crippen LogP contribution >= 0.6 is 0 Å². The lowest BCUT2D eigenvalue weighted by atomic mass is 10.0. The van der Waals surface area contributed by atoms with E-state index in [9.17, 15) is 4.79 Å². The molecule has 0 saturated heterocycles. The number of anilines is 2. The number of nitrogen functional groups attached to an aromatic ring is 1. The number of hydrogen-bond donors (Lipinski definition) is 2. The standard InChI is InChI=1S/C17H20N2O/c1-12(2)14-8-4-6-10-16(14)19-17(20)11-13-7-3-5-9-15(13)18/h3-10,12H,11,18H2,1-2H3,(H,19,20). The van der Waals surface area contributed by atoms with E-state index in [1.807, 2.05) is 48.5 Å². The third-order valence-electron chi connectivity index (χ3n) is 3.26. The number of hydrogen-bond acceptors (Lipinski definition) is 2. The topological polar surface area (TPSA) is 55.1 Å². The van der Waals surface area contributed by atoms with Gasteiger partial charge >= 0.3 is 0 Å². The van der Waals surface area contributed by atoms with Crippen molar-refractivity contribution < 1.29 is 4.79 Å². The summed E-state index contributed by atoms with van der Waals surface area (Å²) >= 11 is 0. The smallest absolute Gasteiger partial charge is 0.228 e. The Morgan fingerprint density at radius 3 is 2.45 bits per heavy atom. The lowest BCUT2D eigenvalue weighted by molar-refractivity contribution is -0.115. The Morgan fingerprint density at radius 2 is 1.75 bits per heavy atom. The van der Waals surface area contributed by atoms with Crippen molar-refractivity contribution in [3.63, 3.8) is 0 Å². The fourth-order valence-corrected chi connectivity index (χ4v) is 2.18. The summed E-state index contributed by atoms with van der Waals surface area (Å²) < 4.78 is 0. The molecule has 0 aliphatic rings. The van der Waals surface area contributed by atoms with Crippen LogP contribution in [0.3, 0.4) is 0 Å². The number of nitrogens with two attached hydrogens (primary N) is 1. The van der Waals surface area contributed by atoms with Crippen molar-refractivity contribution in [2.24, 2.45) is 0 Å². The van der Waals surface area contributed by atoms with Crippen LogP contribution in [0.2, 0.25) is 0 Å². The quantitative estimate of drug-likeness (QED) is 0.833. The highest BCUT2D eigenvalue weighted by Gasteiger charge is 2.10. The zero-order chi connectivity index (χ0) is 14.5. The van der Waals surface area contributed by atoms with Crippen molar-refractivity contribution in [3.05, 3.63) is 59.7 Å². The van der Waals surface area contributed by atoms with Crippen LogP contribution in [0.1, 0.15) is 30.9 Å². The van der Waals surface area contributed by atoms with Gasteiger partial charge in [-0.3, -0.25) is 4.79 Å². The van der Waals surface area contributed by atoms with Crippen molar-refractivity contribution in [1.82, 2.24) is 0 Å². The third-order valence-corrected chi connectivity index (χ3v) is 3.26. The highest BCUT2D eigenvalue weighted by atomic mass is 16.1. The summed E-state index contributed by atoms with van der Waals surface area (Å²) in [6.45, 7) is 4.22. The molecule has 104 valence electrons. The first-order valence-electron chi connectivity index (χ1n) is 6.80. The average Bonchev–Trinajstić information content (AvgIpc) is 2.41. The second kappa shape index (κ2) is 6.24. The van der Waals surface area contributed by atoms with Gasteiger partial charge in [0.05, 0.1) is 6.42 Å². The van der Waals surface area contributed by atoms with Gasteiger partial charge in [0, 0.05) is 11.4 Å². The molecule has 20 heavy (non-hydrogen) atoms. The maximum Gasteiger partial charge on any atom is 0.228 e. The molecule has 0 radical (unpaired) electrons. The Bertz CT molecular complexity index is 605. The second-order valence-electron chi connectivity index (χ2n) is 5.17. The Labute approximate surface area is 119 Å². The van der Waals surface area contributed by atoms with Crippen LogP contribution in [0.15, 0.2) is 48.5 Å². The largest absolute Gasteiger partial charge is 0.398 e. The Hall–Kier alpha value is -2.29. The summed E-state index contributed by atoms with van der Waals surface area (Å²) in [7, 11) is 0. The molecule has 0 heterocycles. The molecule has 0 fully saturated rings. The molecule has 2 rings (SSSR count). The molecule has 3 N–H and O–H groups in total. The van der Waals surface area contributed by atoms with E-state index >= 15 is 0 Å². The zero-order valence-corrected chi connectivity index (χ0v) is 11.9. The molecule has 2 aromatic rings. The summed E-state index contributed by atoms with van der Waals surface area (Å²) in [6, 6.07) is 15.3. The van der Waals surface area contributed by atoms with Crippen LogP contribution in [0.4, 0.5) is 11.4 Å². The maximum absolute atomic E-state index is 12.1. The molecule has 0 bridgehead atoms. The SMILES string of the molecule is CC(C)c1ccccc1NC(=O)Cc1ccccc1N. The number of benzene rings is 2. The minimum atomic E-state index is -0.0454. The normalized spacial score (nSPS) is 10.6. The molecule has 0 aliphatic carbocycles. The first-order chi connectivity index (χ1) is 9.58. The third kappa shape index (κ3) is 3.38. The van der Waals surface area contributed by atoms with Gasteiger partial charge in [0.25, 0.3) is 0 Å². The minimum absolute atomic E-state index is 0.0454. The fourth-order valence-electron chi connectivity index (χ4n) is 2.18. The molecule has 0 aliphatic heterocycles. The van der Waals surface area contributed by atoms with Crippen molar-refractivity contribution in [3.8, 4) is 0 Å². The van der Waals surface area contributed by atoms with Crippen LogP contribution in [0.5, 0.6) is 0 Å². The Balaban J connectivity index is 2.11. The molecule has 3 nitrogen and oxygen atoms in total. The van der Waals surface area contributed by atoms with Gasteiger partial charge in [0.2, 0.25) is 5.91 Å². The summed E-state index contributed by atoms with van der Waals surface area (Å²) in [5.41, 5.74) is 9.38. The lowest BCUT2D eigenvalue weighted by Gasteiger charge is -2.14. The van der Waals surface area contributed by atoms with Gasteiger partial charge < -0.3 is 11.1 Å². The van der Waals surface area contributed by atoms with Crippen molar-refractivity contribution >= 4 is 17.3 Å². The lowest BCUT2D eigenvalue weighted by Crippen LogP contribution is -2.16. The van der Waals surface area contributed by atoms with Crippen LogP contribution < -0.4 is 11.1 Å². The van der Waals surface area contributed by atoms with Gasteiger partial charge in [-0.2, -0.15) is 0 Å². The maximum atomic E-state index is 12.1. The molecule has 2 aromatic carbocycles. The van der Waals surface area contributed by atoms with Crippen LogP contribution in [0.25, 0.3) is 0 Å². The fraction of sp³-hybridized carbons (Fsp3) is 0.235. The van der Waals surface area contributed by atoms with Crippen molar-refractivity contribution in [2.75, 3.05) is 11.1 Å². The van der Waals surface area contributed by atoms with Gasteiger partial charge in [-0.15, -0.1) is 0 Å². The molecule has 1 amide bonds. The predicted octanol–water partition coefficient (Wildman–Crippen LogP) is 3.57. The van der Waals surface area contributed by atoms with E-state index in [0.717, 1.165) is 16.8 Å². The van der Waals surface area contributed by atoms with E-state index in [1.165, 1.54) is 0 Å². The summed E-state index contributed by atoms with van der Waals surface area (Å²) in [5, 5.41) is 2.97. The molecule has 0 aromatic heterocycles. The van der Waals surface area contributed by atoms with E-state index in [4.69, 9.17) is 5.73 Å². The first kappa shape index (κ1) is 14.1. The molecule has 3 heteroatoms. The number of amides is 1. The van der Waals surface area contributed by atoms with E-state index in [0.29, 0.717) is 18.0 Å². The summed E-state index contributed by atoms with van der Waals surface area (Å²) in [5.74, 6) is 0.323. The Kier molecular flexibility index (Phi) is 4.41. The average molecular weight is 268 g/mol. The number of para-hydroxylation sites is 2. The van der Waals surface area contributed by atoms with Gasteiger partial charge in [0.1, 0.15) is 0 Å². The number of carbonyl (C=O) groups is 1. The van der Waals surface area contributed by atoms with Gasteiger partial charge in [-0.1, -0.05) is 50.2 Å². The molecule has 0 saturated carbocycles. The number of carbonyl (C=O) groups excluding carboxylic acids is 1. The number of nitrogens with one attached hydrogen (secondary N) is 1. The van der Waals surface area contributed by atoms with Crippen LogP contribution in [-0.4, -0.2) is 5.91 Å². The highest BCUT2D eigenvalue weighted by molar-refractivity contribution is 5.93. The molecular weight excluding hydrogens is 248 g/mol. The summed E-state index contributed by atoms with van der Waals surface area (Å²) in [4.78, 5) is 12.1. The van der Waals surface area contributed by atoms with Crippen LogP contribution in [0, 0.1) is 0 Å². The molecule has 0 atom stereocenters. The Morgan fingerprint density at radius 1 is 1.10 bits per heavy atom. The second-order valence-corrected chi connectivity index (χ2v) is 5.17. The monoisotopic (exact) mass is 268 g/mol. The van der Waals surface area contributed by atoms with Gasteiger partial charge in [0.15, 0.2) is 0 Å². The van der Waals surface area contributed by atoms with E-state index in [1.54, 1.807) is 0 Å². The van der Waals surface area contributed by atoms with E-state index in [-0.39, 0.29) is 5.91 Å². The van der Waals surface area contributed by atoms with Gasteiger partial charge in [-0.05, 0) is 29.2 Å².